The van der Waals surface area contributed by atoms with Gasteiger partial charge in [0.05, 0.1) is 49.3 Å². The minimum Gasteiger partial charge on any atom is -0.494 e. The SMILES string of the molecule is C=CC(=O)Nc1cc(Nc2nccc(-n3cc(CN(C)C)c(-c4ccccc4)n3)n2)c(OC)cc1N1CCOCC1.CS(=O)(=O)O. The Bertz CT molecular complexity index is 1750. The van der Waals surface area contributed by atoms with Gasteiger partial charge < -0.3 is 29.9 Å². The number of nitrogens with zero attached hydrogens (tertiary/aromatic N) is 6. The maximum atomic E-state index is 12.3. The quantitative estimate of drug-likeness (QED) is 0.169. The highest BCUT2D eigenvalue weighted by Crippen LogP contribution is 2.38. The summed E-state index contributed by atoms with van der Waals surface area (Å²) >= 11 is 0. The Morgan fingerprint density at radius 3 is 2.48 bits per heavy atom. The average Bonchev–Trinajstić information content (AvgIpc) is 3.44. The minimum absolute atomic E-state index is 0.310. The molecular weight excluding hydrogens is 612 g/mol. The van der Waals surface area contributed by atoms with Gasteiger partial charge in [-0.2, -0.15) is 18.5 Å². The normalized spacial score (nSPS) is 13.0. The Balaban J connectivity index is 0.000000892. The fraction of sp³-hybridized carbons (Fsp3) is 0.290. The van der Waals surface area contributed by atoms with Crippen LogP contribution in [-0.4, -0.2) is 97.3 Å². The van der Waals surface area contributed by atoms with E-state index in [2.05, 4.69) is 32.0 Å². The molecule has 1 fully saturated rings. The van der Waals surface area contributed by atoms with E-state index in [0.717, 1.165) is 29.1 Å². The average molecular weight is 651 g/mol. The second-order valence-corrected chi connectivity index (χ2v) is 12.0. The third-order valence-electron chi connectivity index (χ3n) is 6.56. The fourth-order valence-electron chi connectivity index (χ4n) is 4.67. The Hall–Kier alpha value is -4.83. The van der Waals surface area contributed by atoms with Gasteiger partial charge in [-0.3, -0.25) is 9.35 Å². The number of benzene rings is 2. The molecule has 4 aromatic rings. The van der Waals surface area contributed by atoms with E-state index >= 15 is 0 Å². The van der Waals surface area contributed by atoms with Crippen LogP contribution in [0, 0.1) is 0 Å². The van der Waals surface area contributed by atoms with Gasteiger partial charge in [-0.15, -0.1) is 0 Å². The maximum absolute atomic E-state index is 12.3. The van der Waals surface area contributed by atoms with E-state index < -0.39 is 10.1 Å². The second kappa shape index (κ2) is 15.4. The molecule has 1 amide bonds. The standard InChI is InChI=1S/C30H34N8O3.CH4O3S/c1-5-28(39)32-23-17-24(26(40-4)18-25(23)37-13-15-41-16-14-37)33-30-31-12-11-27(34-30)38-20-22(19-36(2)3)29(35-38)21-9-7-6-8-10-21;1-5(2,3)4/h5-12,17-18,20H,1,13-16,19H2,2-4H3,(H,32,39)(H,31,33,34);1H3,(H,2,3,4). The summed E-state index contributed by atoms with van der Waals surface area (Å²) < 4.78 is 38.9. The summed E-state index contributed by atoms with van der Waals surface area (Å²) in [6.45, 7) is 6.92. The van der Waals surface area contributed by atoms with E-state index in [9.17, 15) is 13.2 Å². The fourth-order valence-corrected chi connectivity index (χ4v) is 4.67. The van der Waals surface area contributed by atoms with Gasteiger partial charge in [0.25, 0.3) is 10.1 Å². The molecular formula is C31H38N8O6S. The number of carbonyl (C=O) groups is 1. The van der Waals surface area contributed by atoms with E-state index in [1.54, 1.807) is 24.1 Å². The first-order chi connectivity index (χ1) is 21.9. The number of aromatic nitrogens is 4. The zero-order chi connectivity index (χ0) is 33.3. The number of carbonyl (C=O) groups excluding carboxylic acids is 1. The summed E-state index contributed by atoms with van der Waals surface area (Å²) in [5.74, 6) is 1.23. The largest absolute Gasteiger partial charge is 0.494 e. The van der Waals surface area contributed by atoms with Crippen LogP contribution in [-0.2, 0) is 26.2 Å². The van der Waals surface area contributed by atoms with Crippen LogP contribution in [0.2, 0.25) is 0 Å². The molecule has 0 saturated carbocycles. The number of anilines is 4. The monoisotopic (exact) mass is 650 g/mol. The molecule has 46 heavy (non-hydrogen) atoms. The molecule has 244 valence electrons. The van der Waals surface area contributed by atoms with Crippen molar-refractivity contribution in [1.82, 2.24) is 24.6 Å². The van der Waals surface area contributed by atoms with Crippen LogP contribution in [0.3, 0.4) is 0 Å². The zero-order valence-electron chi connectivity index (χ0n) is 26.2. The lowest BCUT2D eigenvalue weighted by atomic mass is 10.1. The van der Waals surface area contributed by atoms with E-state index in [4.69, 9.17) is 24.1 Å². The summed E-state index contributed by atoms with van der Waals surface area (Å²) in [6, 6.07) is 15.6. The number of nitrogens with one attached hydrogen (secondary N) is 2. The second-order valence-electron chi connectivity index (χ2n) is 10.5. The van der Waals surface area contributed by atoms with Gasteiger partial charge in [0.15, 0.2) is 5.82 Å². The van der Waals surface area contributed by atoms with Gasteiger partial charge >= 0.3 is 0 Å². The van der Waals surface area contributed by atoms with Gasteiger partial charge in [-0.25, -0.2) is 9.67 Å². The van der Waals surface area contributed by atoms with Crippen LogP contribution in [0.25, 0.3) is 17.1 Å². The summed E-state index contributed by atoms with van der Waals surface area (Å²) in [5, 5.41) is 11.1. The van der Waals surface area contributed by atoms with Crippen molar-refractivity contribution in [3.05, 3.63) is 79.1 Å². The highest BCUT2D eigenvalue weighted by Gasteiger charge is 2.20. The molecule has 0 radical (unpaired) electrons. The molecule has 3 N–H and O–H groups in total. The van der Waals surface area contributed by atoms with Crippen LogP contribution in [0.1, 0.15) is 5.56 Å². The van der Waals surface area contributed by atoms with Crippen LogP contribution >= 0.6 is 0 Å². The van der Waals surface area contributed by atoms with E-state index in [1.165, 1.54) is 6.08 Å². The molecule has 15 heteroatoms. The molecule has 0 aliphatic carbocycles. The number of hydrogen-bond acceptors (Lipinski definition) is 11. The predicted octanol–water partition coefficient (Wildman–Crippen LogP) is 3.61. The van der Waals surface area contributed by atoms with Gasteiger partial charge in [-0.05, 0) is 26.2 Å². The Kier molecular flexibility index (Phi) is 11.4. The van der Waals surface area contributed by atoms with Crippen molar-refractivity contribution in [2.75, 3.05) is 69.3 Å². The molecule has 2 aromatic carbocycles. The first-order valence-electron chi connectivity index (χ1n) is 14.2. The molecule has 2 aromatic heterocycles. The van der Waals surface area contributed by atoms with Crippen LogP contribution < -0.4 is 20.3 Å². The van der Waals surface area contributed by atoms with Crippen molar-refractivity contribution in [2.45, 2.75) is 6.54 Å². The summed E-state index contributed by atoms with van der Waals surface area (Å²) in [6.07, 6.45) is 5.63. The molecule has 0 unspecified atom stereocenters. The van der Waals surface area contributed by atoms with Gasteiger partial charge in [0.1, 0.15) is 5.75 Å². The lowest BCUT2D eigenvalue weighted by Crippen LogP contribution is -2.36. The molecule has 0 bridgehead atoms. The van der Waals surface area contributed by atoms with Crippen molar-refractivity contribution in [2.24, 2.45) is 0 Å². The number of ether oxygens (including phenoxy) is 2. The summed E-state index contributed by atoms with van der Waals surface area (Å²) in [7, 11) is 1.99. The van der Waals surface area contributed by atoms with E-state index in [-0.39, 0.29) is 5.91 Å². The number of amides is 1. The Morgan fingerprint density at radius 2 is 1.85 bits per heavy atom. The van der Waals surface area contributed by atoms with Crippen molar-refractivity contribution in [3.63, 3.8) is 0 Å². The molecule has 14 nitrogen and oxygen atoms in total. The lowest BCUT2D eigenvalue weighted by molar-refractivity contribution is -0.111. The topological polar surface area (TPSA) is 164 Å². The van der Waals surface area contributed by atoms with Gasteiger partial charge in [0, 0.05) is 55.3 Å². The molecule has 1 saturated heterocycles. The van der Waals surface area contributed by atoms with Crippen LogP contribution in [0.4, 0.5) is 23.0 Å². The Labute approximate surface area is 268 Å². The molecule has 5 rings (SSSR count). The third-order valence-corrected chi connectivity index (χ3v) is 6.56. The summed E-state index contributed by atoms with van der Waals surface area (Å²) in [5.41, 5.74) is 5.06. The zero-order valence-corrected chi connectivity index (χ0v) is 27.0. The van der Waals surface area contributed by atoms with E-state index in [0.29, 0.717) is 61.4 Å². The maximum Gasteiger partial charge on any atom is 0.261 e. The molecule has 3 heterocycles. The van der Waals surface area contributed by atoms with Crippen LogP contribution in [0.15, 0.2) is 73.6 Å². The number of rotatable bonds is 10. The number of hydrogen-bond donors (Lipinski definition) is 3. The Morgan fingerprint density at radius 1 is 1.15 bits per heavy atom. The molecule has 0 spiro atoms. The molecule has 1 aliphatic heterocycles. The number of morpholine rings is 1. The highest BCUT2D eigenvalue weighted by molar-refractivity contribution is 7.85. The predicted molar refractivity (Wildman–Crippen MR) is 178 cm³/mol. The third kappa shape index (κ3) is 9.58. The first-order valence-corrected chi connectivity index (χ1v) is 16.1. The molecule has 0 atom stereocenters. The van der Waals surface area contributed by atoms with Crippen molar-refractivity contribution >= 4 is 39.0 Å². The first kappa shape index (κ1) is 34.1. The highest BCUT2D eigenvalue weighted by atomic mass is 32.2. The van der Waals surface area contributed by atoms with Crippen molar-refractivity contribution in [1.29, 1.82) is 0 Å². The minimum atomic E-state index is -3.67. The number of methoxy groups -OCH3 is 1. The van der Waals surface area contributed by atoms with Crippen molar-refractivity contribution in [3.8, 4) is 22.8 Å². The van der Waals surface area contributed by atoms with Gasteiger partial charge in [-0.1, -0.05) is 36.9 Å². The van der Waals surface area contributed by atoms with Crippen LogP contribution in [0.5, 0.6) is 5.75 Å². The van der Waals surface area contributed by atoms with E-state index in [1.807, 2.05) is 62.8 Å². The smallest absolute Gasteiger partial charge is 0.261 e. The lowest BCUT2D eigenvalue weighted by Gasteiger charge is -2.31. The molecule has 1 aliphatic rings. The van der Waals surface area contributed by atoms with Gasteiger partial charge in [0.2, 0.25) is 11.9 Å². The summed E-state index contributed by atoms with van der Waals surface area (Å²) in [4.78, 5) is 25.7. The van der Waals surface area contributed by atoms with Crippen molar-refractivity contribution < 1.29 is 27.2 Å².